The number of carbonyl (C=O) groups excluding carboxylic acids is 1. The van der Waals surface area contributed by atoms with Crippen LogP contribution in [-0.4, -0.2) is 35.7 Å². The SMILES string of the molecule is CC(C)(C)OC(=O)N1CC[C@H](N)[C@@H](c2ccccc2F)C1. The Morgan fingerprint density at radius 3 is 2.67 bits per heavy atom. The summed E-state index contributed by atoms with van der Waals surface area (Å²) in [5.41, 5.74) is 6.15. The van der Waals surface area contributed by atoms with Crippen LogP contribution in [0.3, 0.4) is 0 Å². The molecule has 1 aliphatic heterocycles. The largest absolute Gasteiger partial charge is 0.444 e. The zero-order valence-electron chi connectivity index (χ0n) is 12.8. The Balaban J connectivity index is 2.13. The van der Waals surface area contributed by atoms with Gasteiger partial charge in [-0.15, -0.1) is 0 Å². The molecule has 0 aliphatic carbocycles. The van der Waals surface area contributed by atoms with Crippen LogP contribution < -0.4 is 5.73 Å². The molecule has 4 nitrogen and oxygen atoms in total. The number of benzene rings is 1. The quantitative estimate of drug-likeness (QED) is 0.866. The fourth-order valence-electron chi connectivity index (χ4n) is 2.57. The predicted molar refractivity (Wildman–Crippen MR) is 79.5 cm³/mol. The number of rotatable bonds is 1. The van der Waals surface area contributed by atoms with Gasteiger partial charge in [0, 0.05) is 25.0 Å². The topological polar surface area (TPSA) is 55.6 Å². The third-order valence-electron chi connectivity index (χ3n) is 3.62. The van der Waals surface area contributed by atoms with Crippen LogP contribution in [-0.2, 0) is 4.74 Å². The Labute approximate surface area is 125 Å². The molecule has 0 unspecified atom stereocenters. The Kier molecular flexibility index (Phi) is 4.52. The van der Waals surface area contributed by atoms with E-state index in [0.717, 1.165) is 0 Å². The van der Waals surface area contributed by atoms with Crippen molar-refractivity contribution in [3.05, 3.63) is 35.6 Å². The second-order valence-corrected chi connectivity index (χ2v) is 6.51. The highest BCUT2D eigenvalue weighted by Gasteiger charge is 2.33. The van der Waals surface area contributed by atoms with Gasteiger partial charge in [-0.3, -0.25) is 0 Å². The number of piperidine rings is 1. The van der Waals surface area contributed by atoms with Gasteiger partial charge in [0.15, 0.2) is 0 Å². The Morgan fingerprint density at radius 1 is 1.38 bits per heavy atom. The number of ether oxygens (including phenoxy) is 1. The van der Waals surface area contributed by atoms with E-state index >= 15 is 0 Å². The van der Waals surface area contributed by atoms with Crippen molar-refractivity contribution in [2.75, 3.05) is 13.1 Å². The van der Waals surface area contributed by atoms with Gasteiger partial charge in [0.05, 0.1) is 0 Å². The molecule has 2 N–H and O–H groups in total. The lowest BCUT2D eigenvalue weighted by atomic mass is 9.86. The normalized spacial score (nSPS) is 23.0. The first-order valence-corrected chi connectivity index (χ1v) is 7.26. The summed E-state index contributed by atoms with van der Waals surface area (Å²) in [6.07, 6.45) is 0.272. The molecule has 2 atom stereocenters. The molecule has 21 heavy (non-hydrogen) atoms. The van der Waals surface area contributed by atoms with Crippen molar-refractivity contribution in [2.45, 2.75) is 44.8 Å². The molecule has 1 aromatic carbocycles. The Bertz CT molecular complexity index is 513. The van der Waals surface area contributed by atoms with Crippen molar-refractivity contribution in [3.63, 3.8) is 0 Å². The average molecular weight is 294 g/mol. The molecule has 1 aromatic rings. The number of amides is 1. The molecule has 0 bridgehead atoms. The number of hydrogen-bond donors (Lipinski definition) is 1. The molecular weight excluding hydrogens is 271 g/mol. The van der Waals surface area contributed by atoms with Gasteiger partial charge in [-0.25, -0.2) is 9.18 Å². The fourth-order valence-corrected chi connectivity index (χ4v) is 2.57. The summed E-state index contributed by atoms with van der Waals surface area (Å²) in [6, 6.07) is 6.45. The minimum atomic E-state index is -0.538. The van der Waals surface area contributed by atoms with Crippen LogP contribution in [0.4, 0.5) is 9.18 Å². The van der Waals surface area contributed by atoms with Gasteiger partial charge in [0.25, 0.3) is 0 Å². The van der Waals surface area contributed by atoms with Crippen LogP contribution in [0.1, 0.15) is 38.7 Å². The summed E-state index contributed by atoms with van der Waals surface area (Å²) in [5.74, 6) is -0.476. The molecule has 1 fully saturated rings. The lowest BCUT2D eigenvalue weighted by Crippen LogP contribution is -2.49. The van der Waals surface area contributed by atoms with Crippen LogP contribution in [0.15, 0.2) is 24.3 Å². The van der Waals surface area contributed by atoms with E-state index in [4.69, 9.17) is 10.5 Å². The van der Waals surface area contributed by atoms with E-state index in [0.29, 0.717) is 25.1 Å². The highest BCUT2D eigenvalue weighted by atomic mass is 19.1. The van der Waals surface area contributed by atoms with E-state index in [2.05, 4.69) is 0 Å². The highest BCUT2D eigenvalue weighted by Crippen LogP contribution is 2.28. The van der Waals surface area contributed by atoms with Gasteiger partial charge in [-0.05, 0) is 38.8 Å². The first-order valence-electron chi connectivity index (χ1n) is 7.26. The van der Waals surface area contributed by atoms with E-state index in [1.165, 1.54) is 6.07 Å². The standard InChI is InChI=1S/C16H23FN2O2/c1-16(2,3)21-15(20)19-9-8-14(18)12(10-19)11-6-4-5-7-13(11)17/h4-7,12,14H,8-10,18H2,1-3H3/t12-,14+/m1/s1. The van der Waals surface area contributed by atoms with E-state index in [9.17, 15) is 9.18 Å². The van der Waals surface area contributed by atoms with Gasteiger partial charge >= 0.3 is 6.09 Å². The second kappa shape index (κ2) is 6.02. The van der Waals surface area contributed by atoms with E-state index < -0.39 is 5.60 Å². The Hall–Kier alpha value is -1.62. The molecule has 2 rings (SSSR count). The van der Waals surface area contributed by atoms with E-state index in [1.54, 1.807) is 23.1 Å². The van der Waals surface area contributed by atoms with Gasteiger partial charge in [-0.1, -0.05) is 18.2 Å². The summed E-state index contributed by atoms with van der Waals surface area (Å²) < 4.78 is 19.3. The van der Waals surface area contributed by atoms with Crippen LogP contribution in [0, 0.1) is 5.82 Å². The van der Waals surface area contributed by atoms with E-state index in [-0.39, 0.29) is 23.9 Å². The maximum Gasteiger partial charge on any atom is 0.410 e. The molecule has 0 radical (unpaired) electrons. The minimum Gasteiger partial charge on any atom is -0.444 e. The monoisotopic (exact) mass is 294 g/mol. The predicted octanol–water partition coefficient (Wildman–Crippen LogP) is 2.88. The molecule has 1 amide bonds. The van der Waals surface area contributed by atoms with Crippen molar-refractivity contribution in [1.82, 2.24) is 4.90 Å². The summed E-state index contributed by atoms with van der Waals surface area (Å²) in [6.45, 7) is 6.41. The molecule has 0 saturated carbocycles. The maximum atomic E-state index is 14.0. The first kappa shape index (κ1) is 15.8. The molecule has 0 spiro atoms. The highest BCUT2D eigenvalue weighted by molar-refractivity contribution is 5.68. The van der Waals surface area contributed by atoms with Crippen molar-refractivity contribution in [1.29, 1.82) is 0 Å². The van der Waals surface area contributed by atoms with E-state index in [1.807, 2.05) is 20.8 Å². The van der Waals surface area contributed by atoms with Crippen molar-refractivity contribution < 1.29 is 13.9 Å². The summed E-state index contributed by atoms with van der Waals surface area (Å²) >= 11 is 0. The average Bonchev–Trinajstić information content (AvgIpc) is 2.38. The minimum absolute atomic E-state index is 0.152. The maximum absolute atomic E-state index is 14.0. The van der Waals surface area contributed by atoms with Crippen LogP contribution >= 0.6 is 0 Å². The summed E-state index contributed by atoms with van der Waals surface area (Å²) in [7, 11) is 0. The number of nitrogens with zero attached hydrogens (tertiary/aromatic N) is 1. The van der Waals surface area contributed by atoms with Gasteiger partial charge in [-0.2, -0.15) is 0 Å². The van der Waals surface area contributed by atoms with Crippen LogP contribution in [0.2, 0.25) is 0 Å². The van der Waals surface area contributed by atoms with Crippen LogP contribution in [0.5, 0.6) is 0 Å². The third-order valence-corrected chi connectivity index (χ3v) is 3.62. The smallest absolute Gasteiger partial charge is 0.410 e. The molecule has 116 valence electrons. The fraction of sp³-hybridized carbons (Fsp3) is 0.562. The number of hydrogen-bond acceptors (Lipinski definition) is 3. The van der Waals surface area contributed by atoms with Gasteiger partial charge < -0.3 is 15.4 Å². The summed E-state index contributed by atoms with van der Waals surface area (Å²) in [4.78, 5) is 13.8. The molecule has 1 aliphatic rings. The Morgan fingerprint density at radius 2 is 2.05 bits per heavy atom. The lowest BCUT2D eigenvalue weighted by molar-refractivity contribution is 0.0185. The number of halogens is 1. The van der Waals surface area contributed by atoms with Crippen molar-refractivity contribution in [3.8, 4) is 0 Å². The van der Waals surface area contributed by atoms with Crippen molar-refractivity contribution >= 4 is 6.09 Å². The first-order chi connectivity index (χ1) is 9.78. The zero-order chi connectivity index (χ0) is 15.6. The molecule has 1 heterocycles. The van der Waals surface area contributed by atoms with Gasteiger partial charge in [0.1, 0.15) is 11.4 Å². The van der Waals surface area contributed by atoms with Crippen LogP contribution in [0.25, 0.3) is 0 Å². The second-order valence-electron chi connectivity index (χ2n) is 6.51. The molecule has 5 heteroatoms. The summed E-state index contributed by atoms with van der Waals surface area (Å²) in [5, 5.41) is 0. The molecule has 1 saturated heterocycles. The number of likely N-dealkylation sites (tertiary alicyclic amines) is 1. The lowest BCUT2D eigenvalue weighted by Gasteiger charge is -2.37. The number of nitrogens with two attached hydrogens (primary N) is 1. The third kappa shape index (κ3) is 3.94. The zero-order valence-corrected chi connectivity index (χ0v) is 12.8. The number of carbonyl (C=O) groups is 1. The molecular formula is C16H23FN2O2. The van der Waals surface area contributed by atoms with Gasteiger partial charge in [0.2, 0.25) is 0 Å². The van der Waals surface area contributed by atoms with Crippen molar-refractivity contribution in [2.24, 2.45) is 5.73 Å². The molecule has 0 aromatic heterocycles.